The molecular formula is C14H16N4OS. The molecule has 2 N–H and O–H groups in total. The van der Waals surface area contributed by atoms with Crippen LogP contribution in [0, 0.1) is 6.92 Å². The summed E-state index contributed by atoms with van der Waals surface area (Å²) in [5.74, 6) is 0.761. The number of nitrogens with one attached hydrogen (secondary N) is 2. The third-order valence-corrected chi connectivity index (χ3v) is 4.46. The number of amides is 1. The predicted octanol–water partition coefficient (Wildman–Crippen LogP) is 2.49. The second-order valence-corrected chi connectivity index (χ2v) is 5.87. The lowest BCUT2D eigenvalue weighted by Crippen LogP contribution is -2.22. The van der Waals surface area contributed by atoms with E-state index in [-0.39, 0.29) is 5.91 Å². The highest BCUT2D eigenvalue weighted by Crippen LogP contribution is 2.35. The second kappa shape index (κ2) is 5.20. The lowest BCUT2D eigenvalue weighted by atomic mass is 10.2. The van der Waals surface area contributed by atoms with Gasteiger partial charge in [0.1, 0.15) is 17.0 Å². The SMILES string of the molecule is C=CCNC(=O)c1sc2ncnc(NC3CC3)c2c1C. The van der Waals surface area contributed by atoms with Crippen molar-refractivity contribution in [2.24, 2.45) is 0 Å². The average Bonchev–Trinajstić information content (AvgIpc) is 3.19. The van der Waals surface area contributed by atoms with Gasteiger partial charge in [0.05, 0.1) is 10.3 Å². The van der Waals surface area contributed by atoms with Gasteiger partial charge in [-0.25, -0.2) is 9.97 Å². The number of hydrogen-bond acceptors (Lipinski definition) is 5. The lowest BCUT2D eigenvalue weighted by Gasteiger charge is -2.05. The van der Waals surface area contributed by atoms with Crippen molar-refractivity contribution in [2.45, 2.75) is 25.8 Å². The Labute approximate surface area is 121 Å². The van der Waals surface area contributed by atoms with Crippen LogP contribution in [0.5, 0.6) is 0 Å². The number of fused-ring (bicyclic) bond motifs is 1. The van der Waals surface area contributed by atoms with Crippen LogP contribution in [0.4, 0.5) is 5.82 Å². The maximum atomic E-state index is 12.1. The third-order valence-electron chi connectivity index (χ3n) is 3.26. The van der Waals surface area contributed by atoms with Gasteiger partial charge in [-0.1, -0.05) is 6.08 Å². The number of carbonyl (C=O) groups excluding carboxylic acids is 1. The second-order valence-electron chi connectivity index (χ2n) is 4.88. The van der Waals surface area contributed by atoms with E-state index in [2.05, 4.69) is 27.2 Å². The van der Waals surface area contributed by atoms with Crippen LogP contribution in [-0.2, 0) is 0 Å². The van der Waals surface area contributed by atoms with Crippen LogP contribution < -0.4 is 10.6 Å². The first-order chi connectivity index (χ1) is 9.70. The molecule has 6 heteroatoms. The number of anilines is 1. The summed E-state index contributed by atoms with van der Waals surface area (Å²) in [6.45, 7) is 6.01. The van der Waals surface area contributed by atoms with Gasteiger partial charge in [0.2, 0.25) is 0 Å². The molecule has 2 heterocycles. The molecule has 2 aromatic heterocycles. The zero-order valence-electron chi connectivity index (χ0n) is 11.3. The van der Waals surface area contributed by atoms with Crippen LogP contribution in [0.15, 0.2) is 19.0 Å². The number of hydrogen-bond donors (Lipinski definition) is 2. The summed E-state index contributed by atoms with van der Waals surface area (Å²) in [6, 6.07) is 0.519. The molecule has 1 fully saturated rings. The quantitative estimate of drug-likeness (QED) is 0.830. The molecule has 0 spiro atoms. The van der Waals surface area contributed by atoms with Crippen LogP contribution in [0.25, 0.3) is 10.2 Å². The van der Waals surface area contributed by atoms with Crippen LogP contribution in [-0.4, -0.2) is 28.5 Å². The minimum absolute atomic E-state index is 0.0808. The third kappa shape index (κ3) is 2.38. The molecule has 1 saturated carbocycles. The predicted molar refractivity (Wildman–Crippen MR) is 81.3 cm³/mol. The number of nitrogens with zero attached hydrogens (tertiary/aromatic N) is 2. The van der Waals surface area contributed by atoms with Crippen molar-refractivity contribution in [3.63, 3.8) is 0 Å². The van der Waals surface area contributed by atoms with Crippen LogP contribution in [0.1, 0.15) is 28.1 Å². The van der Waals surface area contributed by atoms with Crippen LogP contribution in [0.3, 0.4) is 0 Å². The average molecular weight is 288 g/mol. The van der Waals surface area contributed by atoms with Crippen molar-refractivity contribution in [3.05, 3.63) is 29.4 Å². The zero-order chi connectivity index (χ0) is 14.1. The molecule has 1 aliphatic carbocycles. The zero-order valence-corrected chi connectivity index (χ0v) is 12.1. The number of carbonyl (C=O) groups is 1. The summed E-state index contributed by atoms with van der Waals surface area (Å²) in [4.78, 5) is 22.3. The smallest absolute Gasteiger partial charge is 0.261 e. The number of rotatable bonds is 5. The molecule has 0 aromatic carbocycles. The summed E-state index contributed by atoms with van der Waals surface area (Å²) in [5, 5.41) is 7.18. The van der Waals surface area contributed by atoms with E-state index < -0.39 is 0 Å². The Bertz CT molecular complexity index is 675. The number of thiophene rings is 1. The van der Waals surface area contributed by atoms with Crippen molar-refractivity contribution in [3.8, 4) is 0 Å². The van der Waals surface area contributed by atoms with Gasteiger partial charge in [0.25, 0.3) is 5.91 Å². The van der Waals surface area contributed by atoms with E-state index in [9.17, 15) is 4.79 Å². The highest BCUT2D eigenvalue weighted by molar-refractivity contribution is 7.20. The van der Waals surface area contributed by atoms with Crippen molar-refractivity contribution in [1.29, 1.82) is 0 Å². The molecule has 0 atom stereocenters. The molecule has 5 nitrogen and oxygen atoms in total. The minimum atomic E-state index is -0.0808. The molecule has 3 rings (SSSR count). The molecule has 0 aliphatic heterocycles. The summed E-state index contributed by atoms with van der Waals surface area (Å²) in [7, 11) is 0. The molecule has 0 saturated heterocycles. The van der Waals surface area contributed by atoms with Gasteiger partial charge >= 0.3 is 0 Å². The molecule has 2 aromatic rings. The largest absolute Gasteiger partial charge is 0.367 e. The van der Waals surface area contributed by atoms with E-state index >= 15 is 0 Å². The minimum Gasteiger partial charge on any atom is -0.367 e. The molecule has 1 amide bonds. The van der Waals surface area contributed by atoms with Crippen LogP contribution in [0.2, 0.25) is 0 Å². The fraction of sp³-hybridized carbons (Fsp3) is 0.357. The summed E-state index contributed by atoms with van der Waals surface area (Å²) in [5.41, 5.74) is 0.940. The molecule has 0 unspecified atom stereocenters. The maximum absolute atomic E-state index is 12.1. The number of aromatic nitrogens is 2. The standard InChI is InChI=1S/C14H16N4OS/c1-3-6-15-13(19)11-8(2)10-12(18-9-4-5-9)16-7-17-14(10)20-11/h3,7,9H,1,4-6H2,2H3,(H,15,19)(H,16,17,18). The highest BCUT2D eigenvalue weighted by Gasteiger charge is 2.24. The fourth-order valence-electron chi connectivity index (χ4n) is 2.06. The normalized spacial score (nSPS) is 14.2. The topological polar surface area (TPSA) is 66.9 Å². The van der Waals surface area contributed by atoms with E-state index in [1.807, 2.05) is 6.92 Å². The fourth-order valence-corrected chi connectivity index (χ4v) is 3.13. The maximum Gasteiger partial charge on any atom is 0.261 e. The van der Waals surface area contributed by atoms with Gasteiger partial charge in [0.15, 0.2) is 0 Å². The highest BCUT2D eigenvalue weighted by atomic mass is 32.1. The van der Waals surface area contributed by atoms with Gasteiger partial charge in [-0.05, 0) is 25.3 Å². The Morgan fingerprint density at radius 3 is 3.05 bits per heavy atom. The Morgan fingerprint density at radius 1 is 1.55 bits per heavy atom. The Balaban J connectivity index is 2.00. The monoisotopic (exact) mass is 288 g/mol. The van der Waals surface area contributed by atoms with Crippen molar-refractivity contribution in [1.82, 2.24) is 15.3 Å². The number of aryl methyl sites for hydroxylation is 1. The van der Waals surface area contributed by atoms with E-state index in [1.165, 1.54) is 24.2 Å². The summed E-state index contributed by atoms with van der Waals surface area (Å²) >= 11 is 1.41. The molecule has 20 heavy (non-hydrogen) atoms. The van der Waals surface area contributed by atoms with Gasteiger partial charge in [-0.2, -0.15) is 0 Å². The Kier molecular flexibility index (Phi) is 3.40. The first kappa shape index (κ1) is 13.1. The molecular weight excluding hydrogens is 272 g/mol. The van der Waals surface area contributed by atoms with Crippen molar-refractivity contribution in [2.75, 3.05) is 11.9 Å². The van der Waals surface area contributed by atoms with Crippen molar-refractivity contribution >= 4 is 33.3 Å². The summed E-state index contributed by atoms with van der Waals surface area (Å²) in [6.07, 6.45) is 5.58. The van der Waals surface area contributed by atoms with Gasteiger partial charge in [-0.3, -0.25) is 4.79 Å². The van der Waals surface area contributed by atoms with E-state index in [1.54, 1.807) is 12.4 Å². The molecule has 1 aliphatic rings. The van der Waals surface area contributed by atoms with Gasteiger partial charge < -0.3 is 10.6 Å². The van der Waals surface area contributed by atoms with Crippen LogP contribution >= 0.6 is 11.3 Å². The summed E-state index contributed by atoms with van der Waals surface area (Å²) < 4.78 is 0. The van der Waals surface area contributed by atoms with Gasteiger partial charge in [-0.15, -0.1) is 17.9 Å². The van der Waals surface area contributed by atoms with E-state index in [0.29, 0.717) is 17.5 Å². The van der Waals surface area contributed by atoms with E-state index in [4.69, 9.17) is 0 Å². The first-order valence-electron chi connectivity index (χ1n) is 6.60. The molecule has 0 bridgehead atoms. The Morgan fingerprint density at radius 2 is 2.35 bits per heavy atom. The molecule has 104 valence electrons. The van der Waals surface area contributed by atoms with E-state index in [0.717, 1.165) is 21.6 Å². The van der Waals surface area contributed by atoms with Gasteiger partial charge in [0, 0.05) is 12.6 Å². The first-order valence-corrected chi connectivity index (χ1v) is 7.42. The lowest BCUT2D eigenvalue weighted by molar-refractivity contribution is 0.0961. The Hall–Kier alpha value is -1.95. The molecule has 0 radical (unpaired) electrons. The van der Waals surface area contributed by atoms with Crippen molar-refractivity contribution < 1.29 is 4.79 Å².